The quantitative estimate of drug-likeness (QED) is 0.262. The molecule has 0 aliphatic carbocycles. The molecule has 6 atom stereocenters. The Hall–Kier alpha value is -3.40. The van der Waals surface area contributed by atoms with Gasteiger partial charge in [0.1, 0.15) is 26.0 Å². The van der Waals surface area contributed by atoms with Crippen molar-refractivity contribution in [3.63, 3.8) is 0 Å². The van der Waals surface area contributed by atoms with Gasteiger partial charge >= 0.3 is 0 Å². The number of benzene rings is 2. The molecule has 2 aromatic rings. The number of amides is 4. The molecule has 240 valence electrons. The second kappa shape index (κ2) is 15.6. The molecule has 0 radical (unpaired) electrons. The van der Waals surface area contributed by atoms with Crippen molar-refractivity contribution in [2.45, 2.75) is 104 Å². The minimum atomic E-state index is -0.816. The fraction of sp³-hybridized carbons (Fsp3) is 0.588. The highest BCUT2D eigenvalue weighted by Crippen LogP contribution is 2.31. The van der Waals surface area contributed by atoms with E-state index >= 15 is 0 Å². The van der Waals surface area contributed by atoms with Crippen LogP contribution in [0.25, 0.3) is 10.8 Å². The minimum Gasteiger partial charge on any atom is -0.360 e. The number of likely N-dealkylation sites (tertiary alicyclic amines) is 1. The maximum absolute atomic E-state index is 14.1. The molecule has 1 aliphatic rings. The number of nitrogens with zero attached hydrogens (tertiary/aromatic N) is 1. The summed E-state index contributed by atoms with van der Waals surface area (Å²) >= 11 is 0. The number of likely N-dealkylation sites (N-methyl/N-ethyl adjacent to an activating group) is 1. The zero-order valence-electron chi connectivity index (χ0n) is 27.8. The number of hydrogen-bond acceptors (Lipinski definition) is 5. The van der Waals surface area contributed by atoms with E-state index in [1.54, 1.807) is 18.9 Å². The van der Waals surface area contributed by atoms with Gasteiger partial charge in [0.15, 0.2) is 0 Å². The van der Waals surface area contributed by atoms with Crippen molar-refractivity contribution in [1.82, 2.24) is 26.2 Å². The number of hydrogen-bond donors (Lipinski definition) is 4. The van der Waals surface area contributed by atoms with Crippen molar-refractivity contribution in [2.75, 3.05) is 13.6 Å². The number of nitrogens with one attached hydrogen (secondary N) is 4. The lowest BCUT2D eigenvalue weighted by molar-refractivity contribution is -0.145. The molecule has 0 bridgehead atoms. The molecule has 0 saturated carbocycles. The Balaban J connectivity index is 1.90. The minimum absolute atomic E-state index is 0.0346. The molecule has 4 N–H and O–H groups in total. The molecule has 1 saturated heterocycles. The molecule has 1 fully saturated rings. The Bertz CT molecular complexity index is 1310. The summed E-state index contributed by atoms with van der Waals surface area (Å²) in [6, 6.07) is 11.3. The van der Waals surface area contributed by atoms with E-state index in [0.717, 1.165) is 29.2 Å². The molecule has 3 rings (SSSR count). The predicted molar refractivity (Wildman–Crippen MR) is 179 cm³/mol. The van der Waals surface area contributed by atoms with Gasteiger partial charge in [-0.25, -0.2) is 0 Å². The van der Waals surface area contributed by atoms with Gasteiger partial charge in [0.05, 0.1) is 6.04 Å². The lowest BCUT2D eigenvalue weighted by atomic mass is 9.85. The molecule has 10 heteroatoms. The van der Waals surface area contributed by atoms with Crippen LogP contribution in [0.15, 0.2) is 42.5 Å². The first kappa shape index (κ1) is 35.1. The fourth-order valence-electron chi connectivity index (χ4n) is 6.02. The highest BCUT2D eigenvalue weighted by molar-refractivity contribution is 6.13. The maximum atomic E-state index is 14.1. The van der Waals surface area contributed by atoms with E-state index in [2.05, 4.69) is 34.3 Å². The van der Waals surface area contributed by atoms with Crippen molar-refractivity contribution in [3.8, 4) is 0 Å². The summed E-state index contributed by atoms with van der Waals surface area (Å²) in [7, 11) is 3.66. The zero-order valence-corrected chi connectivity index (χ0v) is 27.8. The Morgan fingerprint density at radius 2 is 1.66 bits per heavy atom. The van der Waals surface area contributed by atoms with Gasteiger partial charge in [0.2, 0.25) is 23.6 Å². The first-order valence-corrected chi connectivity index (χ1v) is 16.2. The van der Waals surface area contributed by atoms with Gasteiger partial charge in [-0.1, -0.05) is 89.9 Å². The van der Waals surface area contributed by atoms with Crippen LogP contribution in [0, 0.1) is 11.3 Å². The number of carbonyl (C=O) groups is 4. The van der Waals surface area contributed by atoms with Crippen LogP contribution in [0.3, 0.4) is 0 Å². The molecule has 1 unspecified atom stereocenters. The van der Waals surface area contributed by atoms with E-state index in [4.69, 9.17) is 0 Å². The van der Waals surface area contributed by atoms with Gasteiger partial charge in [-0.15, -0.1) is 0 Å². The van der Waals surface area contributed by atoms with Gasteiger partial charge in [0, 0.05) is 13.0 Å². The summed E-state index contributed by atoms with van der Waals surface area (Å²) in [5.41, 5.74) is 0.354. The SMILES string of the molecule is B[C@@H](CCC)NC(=O)[C@H](Cc1ccc2ccccc2c1)NC(=O)[C@@H]1C(CC)CCN1C(=O)[C@@H](NC(=O)[C@H](C)NC)C(C)(C)C. The van der Waals surface area contributed by atoms with E-state index in [9.17, 15) is 19.2 Å². The van der Waals surface area contributed by atoms with Crippen molar-refractivity contribution >= 4 is 42.2 Å². The van der Waals surface area contributed by atoms with Crippen LogP contribution < -0.4 is 21.3 Å². The van der Waals surface area contributed by atoms with Crippen LogP contribution >= 0.6 is 0 Å². The highest BCUT2D eigenvalue weighted by atomic mass is 16.2. The van der Waals surface area contributed by atoms with Crippen LogP contribution in [0.5, 0.6) is 0 Å². The molecule has 0 spiro atoms. The van der Waals surface area contributed by atoms with E-state index in [0.29, 0.717) is 25.8 Å². The largest absolute Gasteiger partial charge is 0.360 e. The van der Waals surface area contributed by atoms with Crippen molar-refractivity contribution in [3.05, 3.63) is 48.0 Å². The van der Waals surface area contributed by atoms with Crippen molar-refractivity contribution in [1.29, 1.82) is 0 Å². The van der Waals surface area contributed by atoms with Crippen LogP contribution in [0.1, 0.15) is 72.8 Å². The summed E-state index contributed by atoms with van der Waals surface area (Å²) in [5, 5.41) is 14.2. The first-order chi connectivity index (χ1) is 20.8. The van der Waals surface area contributed by atoms with Gasteiger partial charge in [-0.2, -0.15) is 0 Å². The number of rotatable bonds is 13. The predicted octanol–water partition coefficient (Wildman–Crippen LogP) is 2.51. The number of fused-ring (bicyclic) bond motifs is 1. The maximum Gasteiger partial charge on any atom is 0.246 e. The summed E-state index contributed by atoms with van der Waals surface area (Å²) < 4.78 is 0. The molecule has 1 aliphatic heterocycles. The Morgan fingerprint density at radius 3 is 2.27 bits per heavy atom. The lowest BCUT2D eigenvalue weighted by Crippen LogP contribution is -2.61. The first-order valence-electron chi connectivity index (χ1n) is 16.2. The van der Waals surface area contributed by atoms with E-state index in [1.807, 2.05) is 71.9 Å². The van der Waals surface area contributed by atoms with Crippen molar-refractivity contribution < 1.29 is 19.2 Å². The van der Waals surface area contributed by atoms with E-state index in [1.165, 1.54) is 0 Å². The normalized spacial score (nSPS) is 19.6. The molecule has 1 heterocycles. The fourth-order valence-corrected chi connectivity index (χ4v) is 6.02. The average Bonchev–Trinajstić information content (AvgIpc) is 3.42. The molecule has 2 aromatic carbocycles. The molecular weight excluding hydrogens is 553 g/mol. The smallest absolute Gasteiger partial charge is 0.246 e. The third kappa shape index (κ3) is 8.84. The standard InChI is InChI=1S/C34H52BN5O4/c1-8-12-27(35)38-31(42)26(20-22-15-16-24-13-10-11-14-25(24)19-22)37-32(43)28-23(9-2)17-18-40(28)33(44)29(34(4,5)6)39-30(41)21(3)36-7/h10-11,13-16,19,21,23,26-29,36H,8-9,12,17-18,20,35H2,1-7H3,(H,37,43)(H,38,42)(H,39,41)/t21-,23?,26-,27+,28-,29+/m0/s1. The third-order valence-corrected chi connectivity index (χ3v) is 8.82. The summed E-state index contributed by atoms with van der Waals surface area (Å²) in [6.07, 6.45) is 3.46. The van der Waals surface area contributed by atoms with Gasteiger partial charge in [-0.3, -0.25) is 19.2 Å². The monoisotopic (exact) mass is 605 g/mol. The van der Waals surface area contributed by atoms with Gasteiger partial charge in [0.25, 0.3) is 0 Å². The second-order valence-corrected chi connectivity index (χ2v) is 13.4. The van der Waals surface area contributed by atoms with Crippen LogP contribution in [0.2, 0.25) is 0 Å². The van der Waals surface area contributed by atoms with E-state index in [-0.39, 0.29) is 35.5 Å². The van der Waals surface area contributed by atoms with Crippen LogP contribution in [-0.2, 0) is 25.6 Å². The Morgan fingerprint density at radius 1 is 0.977 bits per heavy atom. The molecule has 9 nitrogen and oxygen atoms in total. The lowest BCUT2D eigenvalue weighted by Gasteiger charge is -2.37. The molecule has 0 aromatic heterocycles. The van der Waals surface area contributed by atoms with Gasteiger partial charge < -0.3 is 26.2 Å². The summed E-state index contributed by atoms with van der Waals surface area (Å²) in [6.45, 7) is 12.0. The highest BCUT2D eigenvalue weighted by Gasteiger charge is 2.46. The zero-order chi connectivity index (χ0) is 32.6. The summed E-state index contributed by atoms with van der Waals surface area (Å²) in [4.78, 5) is 56.3. The molecule has 44 heavy (non-hydrogen) atoms. The van der Waals surface area contributed by atoms with Crippen LogP contribution in [0.4, 0.5) is 0 Å². The summed E-state index contributed by atoms with van der Waals surface area (Å²) in [5.74, 6) is -1.23. The average molecular weight is 606 g/mol. The van der Waals surface area contributed by atoms with Crippen molar-refractivity contribution in [2.24, 2.45) is 11.3 Å². The van der Waals surface area contributed by atoms with Gasteiger partial charge in [-0.05, 0) is 60.4 Å². The van der Waals surface area contributed by atoms with E-state index < -0.39 is 29.6 Å². The Kier molecular flexibility index (Phi) is 12.4. The van der Waals surface area contributed by atoms with Crippen LogP contribution in [-0.4, -0.2) is 80.1 Å². The second-order valence-electron chi connectivity index (χ2n) is 13.4. The topological polar surface area (TPSA) is 120 Å². The Labute approximate surface area is 264 Å². The third-order valence-electron chi connectivity index (χ3n) is 8.82. The number of carbonyl (C=O) groups excluding carboxylic acids is 4. The molecular formula is C34H52BN5O4. The molecule has 4 amide bonds.